The van der Waals surface area contributed by atoms with Crippen molar-refractivity contribution in [1.29, 1.82) is 0 Å². The minimum Gasteiger partial charge on any atom is -0.339 e. The normalized spacial score (nSPS) is 11.9. The van der Waals surface area contributed by atoms with E-state index in [4.69, 9.17) is 4.52 Å². The molecule has 50 valence electrons. The van der Waals surface area contributed by atoms with Crippen molar-refractivity contribution in [1.82, 2.24) is 10.1 Å². The standard InChI is InChI=1S/C6H10N2O/c1-6(2,3)5-7-4-8-9-5/h4H,1-3H3. The van der Waals surface area contributed by atoms with Gasteiger partial charge in [-0.05, 0) is 0 Å². The molecule has 0 unspecified atom stereocenters. The molecule has 0 aromatic carbocycles. The Morgan fingerprint density at radius 1 is 1.44 bits per heavy atom. The van der Waals surface area contributed by atoms with Crippen molar-refractivity contribution in [2.24, 2.45) is 0 Å². The molecule has 3 heteroatoms. The topological polar surface area (TPSA) is 38.9 Å². The molecule has 0 aliphatic carbocycles. The maximum absolute atomic E-state index is 4.84. The number of hydrogen-bond acceptors (Lipinski definition) is 3. The third-order valence-electron chi connectivity index (χ3n) is 1.00. The maximum Gasteiger partial charge on any atom is 0.231 e. The van der Waals surface area contributed by atoms with Gasteiger partial charge in [-0.3, -0.25) is 0 Å². The van der Waals surface area contributed by atoms with Crippen LogP contribution in [0, 0.1) is 0 Å². The van der Waals surface area contributed by atoms with E-state index < -0.39 is 0 Å². The van der Waals surface area contributed by atoms with Gasteiger partial charge in [0.2, 0.25) is 5.89 Å². The average Bonchev–Trinajstić information content (AvgIpc) is 2.08. The van der Waals surface area contributed by atoms with Crippen LogP contribution in [0.5, 0.6) is 0 Å². The molecule has 0 N–H and O–H groups in total. The van der Waals surface area contributed by atoms with Crippen LogP contribution in [-0.2, 0) is 5.41 Å². The molecule has 0 aliphatic rings. The Balaban J connectivity index is 2.90. The van der Waals surface area contributed by atoms with Gasteiger partial charge in [0.05, 0.1) is 0 Å². The first-order valence-corrected chi connectivity index (χ1v) is 2.88. The fourth-order valence-corrected chi connectivity index (χ4v) is 0.504. The number of nitrogens with zero attached hydrogens (tertiary/aromatic N) is 2. The first-order valence-electron chi connectivity index (χ1n) is 2.88. The zero-order valence-electron chi connectivity index (χ0n) is 5.88. The molecule has 0 atom stereocenters. The van der Waals surface area contributed by atoms with Gasteiger partial charge in [-0.15, -0.1) is 0 Å². The van der Waals surface area contributed by atoms with Crippen LogP contribution < -0.4 is 0 Å². The molecule has 0 fully saturated rings. The van der Waals surface area contributed by atoms with Crippen LogP contribution in [0.15, 0.2) is 10.9 Å². The van der Waals surface area contributed by atoms with Crippen molar-refractivity contribution in [2.75, 3.05) is 0 Å². The van der Waals surface area contributed by atoms with E-state index in [0.717, 1.165) is 0 Å². The Labute approximate surface area is 54.1 Å². The number of rotatable bonds is 0. The molecule has 0 saturated carbocycles. The van der Waals surface area contributed by atoms with E-state index in [1.165, 1.54) is 6.33 Å². The summed E-state index contributed by atoms with van der Waals surface area (Å²) in [6.45, 7) is 6.08. The lowest BCUT2D eigenvalue weighted by Gasteiger charge is -2.09. The minimum absolute atomic E-state index is 0.0174. The molecule has 3 nitrogen and oxygen atoms in total. The fraction of sp³-hybridized carbons (Fsp3) is 0.667. The van der Waals surface area contributed by atoms with E-state index in [0.29, 0.717) is 5.89 Å². The highest BCUT2D eigenvalue weighted by atomic mass is 16.5. The van der Waals surface area contributed by atoms with Gasteiger partial charge in [-0.2, -0.15) is 4.98 Å². The highest BCUT2D eigenvalue weighted by Crippen LogP contribution is 2.17. The second kappa shape index (κ2) is 1.83. The predicted octanol–water partition coefficient (Wildman–Crippen LogP) is 1.37. The van der Waals surface area contributed by atoms with Crippen LogP contribution in [0.3, 0.4) is 0 Å². The van der Waals surface area contributed by atoms with Gasteiger partial charge < -0.3 is 4.52 Å². The van der Waals surface area contributed by atoms with E-state index >= 15 is 0 Å². The largest absolute Gasteiger partial charge is 0.339 e. The zero-order valence-corrected chi connectivity index (χ0v) is 5.88. The van der Waals surface area contributed by atoms with Crippen molar-refractivity contribution in [3.63, 3.8) is 0 Å². The van der Waals surface area contributed by atoms with Crippen molar-refractivity contribution in [3.8, 4) is 0 Å². The van der Waals surface area contributed by atoms with Gasteiger partial charge in [0.15, 0.2) is 6.33 Å². The Hall–Kier alpha value is -0.860. The zero-order chi connectivity index (χ0) is 6.91. The average molecular weight is 126 g/mol. The van der Waals surface area contributed by atoms with E-state index in [-0.39, 0.29) is 5.41 Å². The SMILES string of the molecule is CC(C)(C)c1ncno1. The third-order valence-corrected chi connectivity index (χ3v) is 1.00. The monoisotopic (exact) mass is 126 g/mol. The summed E-state index contributed by atoms with van der Waals surface area (Å²) in [6.07, 6.45) is 1.42. The summed E-state index contributed by atoms with van der Waals surface area (Å²) in [4.78, 5) is 3.91. The predicted molar refractivity (Wildman–Crippen MR) is 33.0 cm³/mol. The van der Waals surface area contributed by atoms with Gasteiger partial charge in [0, 0.05) is 5.41 Å². The van der Waals surface area contributed by atoms with Crippen LogP contribution in [0.1, 0.15) is 26.7 Å². The third kappa shape index (κ3) is 1.28. The van der Waals surface area contributed by atoms with Gasteiger partial charge in [-0.1, -0.05) is 25.9 Å². The Bertz CT molecular complexity index is 173. The number of aromatic nitrogens is 2. The number of hydrogen-bond donors (Lipinski definition) is 0. The van der Waals surface area contributed by atoms with Crippen molar-refractivity contribution < 1.29 is 4.52 Å². The molecular weight excluding hydrogens is 116 g/mol. The summed E-state index contributed by atoms with van der Waals surface area (Å²) in [5.41, 5.74) is -0.0174. The van der Waals surface area contributed by atoms with Gasteiger partial charge in [0.25, 0.3) is 0 Å². The molecular formula is C6H10N2O. The van der Waals surface area contributed by atoms with Crippen molar-refractivity contribution >= 4 is 0 Å². The Kier molecular flexibility index (Phi) is 1.27. The highest BCUT2D eigenvalue weighted by Gasteiger charge is 2.18. The van der Waals surface area contributed by atoms with Crippen LogP contribution in [0.4, 0.5) is 0 Å². The second-order valence-corrected chi connectivity index (χ2v) is 3.00. The molecule has 1 aromatic heterocycles. The van der Waals surface area contributed by atoms with Crippen molar-refractivity contribution in [3.05, 3.63) is 12.2 Å². The first kappa shape index (κ1) is 6.26. The molecule has 1 heterocycles. The molecule has 0 amide bonds. The smallest absolute Gasteiger partial charge is 0.231 e. The Morgan fingerprint density at radius 2 is 2.11 bits per heavy atom. The van der Waals surface area contributed by atoms with Crippen LogP contribution in [0.25, 0.3) is 0 Å². The minimum atomic E-state index is -0.0174. The Morgan fingerprint density at radius 3 is 2.33 bits per heavy atom. The lowest BCUT2D eigenvalue weighted by Crippen LogP contribution is -2.10. The summed E-state index contributed by atoms with van der Waals surface area (Å²) in [5.74, 6) is 0.683. The van der Waals surface area contributed by atoms with Crippen molar-refractivity contribution in [2.45, 2.75) is 26.2 Å². The highest BCUT2D eigenvalue weighted by molar-refractivity contribution is 4.93. The molecule has 0 radical (unpaired) electrons. The summed E-state index contributed by atoms with van der Waals surface area (Å²) in [7, 11) is 0. The van der Waals surface area contributed by atoms with Gasteiger partial charge in [-0.25, -0.2) is 0 Å². The van der Waals surface area contributed by atoms with E-state index in [1.54, 1.807) is 0 Å². The summed E-state index contributed by atoms with van der Waals surface area (Å²) in [5, 5.41) is 3.50. The van der Waals surface area contributed by atoms with Crippen LogP contribution >= 0.6 is 0 Å². The van der Waals surface area contributed by atoms with Gasteiger partial charge in [0.1, 0.15) is 0 Å². The molecule has 0 aliphatic heterocycles. The fourth-order valence-electron chi connectivity index (χ4n) is 0.504. The molecule has 9 heavy (non-hydrogen) atoms. The van der Waals surface area contributed by atoms with Crippen LogP contribution in [-0.4, -0.2) is 10.1 Å². The first-order chi connectivity index (χ1) is 4.11. The molecule has 1 rings (SSSR count). The maximum atomic E-state index is 4.84. The second-order valence-electron chi connectivity index (χ2n) is 3.00. The molecule has 0 saturated heterocycles. The van der Waals surface area contributed by atoms with E-state index in [2.05, 4.69) is 10.1 Å². The van der Waals surface area contributed by atoms with E-state index in [9.17, 15) is 0 Å². The molecule has 0 spiro atoms. The lowest BCUT2D eigenvalue weighted by molar-refractivity contribution is 0.320. The summed E-state index contributed by atoms with van der Waals surface area (Å²) in [6, 6.07) is 0. The van der Waals surface area contributed by atoms with E-state index in [1.807, 2.05) is 20.8 Å². The van der Waals surface area contributed by atoms with Gasteiger partial charge >= 0.3 is 0 Å². The molecule has 1 aromatic rings. The summed E-state index contributed by atoms with van der Waals surface area (Å²) < 4.78 is 4.84. The molecule has 0 bridgehead atoms. The summed E-state index contributed by atoms with van der Waals surface area (Å²) >= 11 is 0. The quantitative estimate of drug-likeness (QED) is 0.527. The van der Waals surface area contributed by atoms with Crippen LogP contribution in [0.2, 0.25) is 0 Å². The lowest BCUT2D eigenvalue weighted by atomic mass is 9.97.